The van der Waals surface area contributed by atoms with Gasteiger partial charge in [0, 0.05) is 5.69 Å². The molecule has 0 aromatic heterocycles. The molecular formula is C17H16N2O3. The number of carbonyl (C=O) groups excluding carboxylic acids is 2. The van der Waals surface area contributed by atoms with Crippen molar-refractivity contribution >= 4 is 23.2 Å². The predicted molar refractivity (Wildman–Crippen MR) is 84.1 cm³/mol. The standard InChI is InChI=1S/C17H16N2O3/c1-22-15-5-3-2-4-14(15)19-16(20)9-11-6-7-13-12(8-11)10-17(21)18-13/h2-8H,9-10H2,1H3,(H,18,21)(H,19,20). The lowest BCUT2D eigenvalue weighted by Crippen LogP contribution is -2.15. The van der Waals surface area contributed by atoms with Crippen molar-refractivity contribution in [1.82, 2.24) is 0 Å². The minimum atomic E-state index is -0.123. The summed E-state index contributed by atoms with van der Waals surface area (Å²) in [5.41, 5.74) is 3.29. The van der Waals surface area contributed by atoms with Gasteiger partial charge in [0.05, 0.1) is 25.6 Å². The van der Waals surface area contributed by atoms with Crippen LogP contribution < -0.4 is 15.4 Å². The van der Waals surface area contributed by atoms with Gasteiger partial charge in [-0.3, -0.25) is 9.59 Å². The van der Waals surface area contributed by atoms with Crippen molar-refractivity contribution in [2.45, 2.75) is 12.8 Å². The van der Waals surface area contributed by atoms with E-state index in [1.54, 1.807) is 19.2 Å². The number of ether oxygens (including phenoxy) is 1. The summed E-state index contributed by atoms with van der Waals surface area (Å²) in [6.45, 7) is 0. The molecule has 0 spiro atoms. The average molecular weight is 296 g/mol. The Morgan fingerprint density at radius 2 is 2.09 bits per heavy atom. The molecular weight excluding hydrogens is 280 g/mol. The fourth-order valence-corrected chi connectivity index (χ4v) is 2.52. The Balaban J connectivity index is 1.70. The van der Waals surface area contributed by atoms with E-state index in [4.69, 9.17) is 4.74 Å². The maximum absolute atomic E-state index is 12.2. The number of nitrogens with one attached hydrogen (secondary N) is 2. The van der Waals surface area contributed by atoms with Gasteiger partial charge in [-0.1, -0.05) is 24.3 Å². The zero-order valence-electron chi connectivity index (χ0n) is 12.2. The first-order valence-electron chi connectivity index (χ1n) is 7.00. The van der Waals surface area contributed by atoms with E-state index in [9.17, 15) is 9.59 Å². The van der Waals surface area contributed by atoms with Gasteiger partial charge in [-0.05, 0) is 29.3 Å². The summed E-state index contributed by atoms with van der Waals surface area (Å²) in [5, 5.41) is 5.62. The first-order chi connectivity index (χ1) is 10.7. The highest BCUT2D eigenvalue weighted by atomic mass is 16.5. The molecule has 2 aromatic rings. The highest BCUT2D eigenvalue weighted by Crippen LogP contribution is 2.25. The second-order valence-corrected chi connectivity index (χ2v) is 5.14. The number of anilines is 2. The van der Waals surface area contributed by atoms with Crippen LogP contribution in [-0.2, 0) is 22.4 Å². The summed E-state index contributed by atoms with van der Waals surface area (Å²) in [6.07, 6.45) is 0.622. The van der Waals surface area contributed by atoms with E-state index in [2.05, 4.69) is 10.6 Å². The molecule has 0 atom stereocenters. The minimum Gasteiger partial charge on any atom is -0.495 e. The summed E-state index contributed by atoms with van der Waals surface area (Å²) < 4.78 is 5.21. The number of hydrogen-bond donors (Lipinski definition) is 2. The molecule has 112 valence electrons. The lowest BCUT2D eigenvalue weighted by molar-refractivity contribution is -0.116. The Hall–Kier alpha value is -2.82. The summed E-state index contributed by atoms with van der Waals surface area (Å²) in [5.74, 6) is 0.493. The van der Waals surface area contributed by atoms with Crippen LogP contribution in [0.3, 0.4) is 0 Å². The Labute approximate surface area is 128 Å². The quantitative estimate of drug-likeness (QED) is 0.910. The third kappa shape index (κ3) is 2.93. The molecule has 0 saturated carbocycles. The van der Waals surface area contributed by atoms with Gasteiger partial charge in [-0.2, -0.15) is 0 Å². The molecule has 0 unspecified atom stereocenters. The van der Waals surface area contributed by atoms with Gasteiger partial charge in [-0.25, -0.2) is 0 Å². The molecule has 1 heterocycles. The van der Waals surface area contributed by atoms with Crippen LogP contribution in [0.25, 0.3) is 0 Å². The Morgan fingerprint density at radius 1 is 1.27 bits per heavy atom. The predicted octanol–water partition coefficient (Wildman–Crippen LogP) is 2.37. The van der Waals surface area contributed by atoms with Gasteiger partial charge in [0.2, 0.25) is 11.8 Å². The lowest BCUT2D eigenvalue weighted by Gasteiger charge is -2.10. The van der Waals surface area contributed by atoms with Crippen LogP contribution >= 0.6 is 0 Å². The van der Waals surface area contributed by atoms with Crippen molar-refractivity contribution in [3.05, 3.63) is 53.6 Å². The molecule has 0 radical (unpaired) electrons. The minimum absolute atomic E-state index is 0.00868. The topological polar surface area (TPSA) is 67.4 Å². The van der Waals surface area contributed by atoms with E-state index >= 15 is 0 Å². The van der Waals surface area contributed by atoms with Gasteiger partial charge < -0.3 is 15.4 Å². The molecule has 0 saturated heterocycles. The highest BCUT2D eigenvalue weighted by Gasteiger charge is 2.18. The van der Waals surface area contributed by atoms with Crippen molar-refractivity contribution < 1.29 is 14.3 Å². The molecule has 22 heavy (non-hydrogen) atoms. The molecule has 5 heteroatoms. The number of carbonyl (C=O) groups is 2. The van der Waals surface area contributed by atoms with Crippen LogP contribution in [0.2, 0.25) is 0 Å². The molecule has 0 bridgehead atoms. The van der Waals surface area contributed by atoms with Gasteiger partial charge in [0.25, 0.3) is 0 Å². The zero-order chi connectivity index (χ0) is 15.5. The third-order valence-corrected chi connectivity index (χ3v) is 3.54. The van der Waals surface area contributed by atoms with Crippen LogP contribution in [0, 0.1) is 0 Å². The number of benzene rings is 2. The molecule has 2 aromatic carbocycles. The van der Waals surface area contributed by atoms with Crippen LogP contribution in [-0.4, -0.2) is 18.9 Å². The summed E-state index contributed by atoms with van der Waals surface area (Å²) in [4.78, 5) is 23.5. The molecule has 5 nitrogen and oxygen atoms in total. The Kier molecular flexibility index (Phi) is 3.78. The average Bonchev–Trinajstić information content (AvgIpc) is 2.87. The molecule has 0 aliphatic carbocycles. The Morgan fingerprint density at radius 3 is 2.91 bits per heavy atom. The van der Waals surface area contributed by atoms with E-state index in [1.807, 2.05) is 30.3 Å². The summed E-state index contributed by atoms with van der Waals surface area (Å²) >= 11 is 0. The van der Waals surface area contributed by atoms with E-state index in [1.165, 1.54) is 0 Å². The molecule has 1 aliphatic heterocycles. The van der Waals surface area contributed by atoms with Crippen LogP contribution in [0.1, 0.15) is 11.1 Å². The van der Waals surface area contributed by atoms with Crippen molar-refractivity contribution in [3.8, 4) is 5.75 Å². The number of hydrogen-bond acceptors (Lipinski definition) is 3. The van der Waals surface area contributed by atoms with Crippen LogP contribution in [0.4, 0.5) is 11.4 Å². The van der Waals surface area contributed by atoms with Gasteiger partial charge in [0.15, 0.2) is 0 Å². The van der Waals surface area contributed by atoms with E-state index in [0.717, 1.165) is 16.8 Å². The molecule has 2 N–H and O–H groups in total. The van der Waals surface area contributed by atoms with Crippen molar-refractivity contribution in [2.75, 3.05) is 17.7 Å². The molecule has 2 amide bonds. The second kappa shape index (κ2) is 5.89. The van der Waals surface area contributed by atoms with Gasteiger partial charge in [-0.15, -0.1) is 0 Å². The lowest BCUT2D eigenvalue weighted by atomic mass is 10.1. The van der Waals surface area contributed by atoms with Gasteiger partial charge >= 0.3 is 0 Å². The number of methoxy groups -OCH3 is 1. The second-order valence-electron chi connectivity index (χ2n) is 5.14. The number of fused-ring (bicyclic) bond motifs is 1. The zero-order valence-corrected chi connectivity index (χ0v) is 12.2. The van der Waals surface area contributed by atoms with E-state index in [-0.39, 0.29) is 18.2 Å². The molecule has 3 rings (SSSR count). The maximum Gasteiger partial charge on any atom is 0.228 e. The number of para-hydroxylation sites is 2. The van der Waals surface area contributed by atoms with E-state index in [0.29, 0.717) is 17.9 Å². The SMILES string of the molecule is COc1ccccc1NC(=O)Cc1ccc2c(c1)CC(=O)N2. The number of rotatable bonds is 4. The maximum atomic E-state index is 12.2. The molecule has 1 aliphatic rings. The molecule has 0 fully saturated rings. The largest absolute Gasteiger partial charge is 0.495 e. The van der Waals surface area contributed by atoms with Crippen molar-refractivity contribution in [2.24, 2.45) is 0 Å². The first-order valence-corrected chi connectivity index (χ1v) is 7.00. The monoisotopic (exact) mass is 296 g/mol. The van der Waals surface area contributed by atoms with Crippen LogP contribution in [0.5, 0.6) is 5.75 Å². The van der Waals surface area contributed by atoms with Crippen molar-refractivity contribution in [3.63, 3.8) is 0 Å². The normalized spacial score (nSPS) is 12.5. The highest BCUT2D eigenvalue weighted by molar-refractivity contribution is 5.99. The van der Waals surface area contributed by atoms with Gasteiger partial charge in [0.1, 0.15) is 5.75 Å². The fraction of sp³-hybridized carbons (Fsp3) is 0.176. The fourth-order valence-electron chi connectivity index (χ4n) is 2.52. The number of amides is 2. The van der Waals surface area contributed by atoms with Crippen LogP contribution in [0.15, 0.2) is 42.5 Å². The Bertz CT molecular complexity index is 740. The first kappa shape index (κ1) is 14.1. The van der Waals surface area contributed by atoms with E-state index < -0.39 is 0 Å². The smallest absolute Gasteiger partial charge is 0.228 e. The summed E-state index contributed by atoms with van der Waals surface area (Å²) in [7, 11) is 1.56. The summed E-state index contributed by atoms with van der Waals surface area (Å²) in [6, 6.07) is 12.9. The van der Waals surface area contributed by atoms with Crippen molar-refractivity contribution in [1.29, 1.82) is 0 Å². The third-order valence-electron chi connectivity index (χ3n) is 3.54.